The summed E-state index contributed by atoms with van der Waals surface area (Å²) in [5.41, 5.74) is 2.97. The molecule has 20 heavy (non-hydrogen) atoms. The van der Waals surface area contributed by atoms with E-state index in [1.165, 1.54) is 0 Å². The van der Waals surface area contributed by atoms with Crippen LogP contribution in [0.4, 0.5) is 5.69 Å². The number of hydrogen-bond acceptors (Lipinski definition) is 3. The normalized spacial score (nSPS) is 15.9. The third-order valence-electron chi connectivity index (χ3n) is 3.90. The summed E-state index contributed by atoms with van der Waals surface area (Å²) in [7, 11) is 1.89. The third kappa shape index (κ3) is 3.31. The molecular formula is C16H24N2O2. The number of carbonyl (C=O) groups is 1. The molecule has 110 valence electrons. The van der Waals surface area contributed by atoms with E-state index in [9.17, 15) is 4.79 Å². The highest BCUT2D eigenvalue weighted by molar-refractivity contribution is 5.95. The molecule has 0 aliphatic carbocycles. The molecule has 4 nitrogen and oxygen atoms in total. The van der Waals surface area contributed by atoms with Crippen LogP contribution in [0.5, 0.6) is 0 Å². The maximum atomic E-state index is 12.5. The molecule has 0 unspecified atom stereocenters. The van der Waals surface area contributed by atoms with E-state index >= 15 is 0 Å². The maximum absolute atomic E-state index is 12.5. The van der Waals surface area contributed by atoms with Crippen LogP contribution in [0.3, 0.4) is 0 Å². The van der Waals surface area contributed by atoms with Crippen LogP contribution in [0.2, 0.25) is 0 Å². The van der Waals surface area contributed by atoms with Crippen LogP contribution >= 0.6 is 0 Å². The summed E-state index contributed by atoms with van der Waals surface area (Å²) >= 11 is 0. The van der Waals surface area contributed by atoms with Crippen molar-refractivity contribution in [1.82, 2.24) is 4.90 Å². The molecule has 2 rings (SSSR count). The molecule has 0 saturated carbocycles. The first-order valence-corrected chi connectivity index (χ1v) is 7.33. The van der Waals surface area contributed by atoms with Crippen molar-refractivity contribution >= 4 is 11.6 Å². The zero-order valence-corrected chi connectivity index (χ0v) is 12.6. The van der Waals surface area contributed by atoms with E-state index in [1.54, 1.807) is 0 Å². The molecule has 0 radical (unpaired) electrons. The Balaban J connectivity index is 2.09. The van der Waals surface area contributed by atoms with Crippen molar-refractivity contribution in [2.24, 2.45) is 0 Å². The lowest BCUT2D eigenvalue weighted by Crippen LogP contribution is -2.40. The molecule has 4 heteroatoms. The Hall–Kier alpha value is -1.55. The van der Waals surface area contributed by atoms with Gasteiger partial charge < -0.3 is 15.0 Å². The molecule has 0 aromatic heterocycles. The Morgan fingerprint density at radius 1 is 1.40 bits per heavy atom. The first-order valence-electron chi connectivity index (χ1n) is 7.33. The lowest BCUT2D eigenvalue weighted by molar-refractivity contribution is 0.0362. The van der Waals surface area contributed by atoms with Gasteiger partial charge in [-0.15, -0.1) is 0 Å². The summed E-state index contributed by atoms with van der Waals surface area (Å²) in [6.07, 6.45) is 1.85. The summed E-state index contributed by atoms with van der Waals surface area (Å²) in [5.74, 6) is 0.100. The summed E-state index contributed by atoms with van der Waals surface area (Å²) in [6.45, 7) is 6.48. The predicted molar refractivity (Wildman–Crippen MR) is 81.3 cm³/mol. The number of aryl methyl sites for hydroxylation is 1. The second kappa shape index (κ2) is 6.75. The van der Waals surface area contributed by atoms with Crippen LogP contribution in [-0.2, 0) is 4.74 Å². The monoisotopic (exact) mass is 276 g/mol. The minimum absolute atomic E-state index is 0.100. The number of rotatable bonds is 4. The molecule has 1 aromatic carbocycles. The highest BCUT2D eigenvalue weighted by Gasteiger charge is 2.23. The molecule has 1 amide bonds. The Bertz CT molecular complexity index is 468. The van der Waals surface area contributed by atoms with E-state index in [-0.39, 0.29) is 5.91 Å². The van der Waals surface area contributed by atoms with Gasteiger partial charge in [-0.2, -0.15) is 0 Å². The molecule has 0 spiro atoms. The van der Waals surface area contributed by atoms with Crippen LogP contribution in [0, 0.1) is 6.92 Å². The topological polar surface area (TPSA) is 41.6 Å². The fraction of sp³-hybridized carbons (Fsp3) is 0.562. The number of ether oxygens (including phenoxy) is 1. The van der Waals surface area contributed by atoms with Gasteiger partial charge in [-0.05, 0) is 50.5 Å². The van der Waals surface area contributed by atoms with Gasteiger partial charge in [0.2, 0.25) is 0 Å². The van der Waals surface area contributed by atoms with Crippen molar-refractivity contribution in [3.63, 3.8) is 0 Å². The highest BCUT2D eigenvalue weighted by atomic mass is 16.5. The van der Waals surface area contributed by atoms with Crippen LogP contribution in [0.25, 0.3) is 0 Å². The standard InChI is InChI=1S/C16H24N2O2/c1-4-17-15-6-5-13(11-12(15)2)16(19)18(3)14-7-9-20-10-8-14/h5-6,11,14,17H,4,7-10H2,1-3H3. The van der Waals surface area contributed by atoms with E-state index in [0.29, 0.717) is 6.04 Å². The SMILES string of the molecule is CCNc1ccc(C(=O)N(C)C2CCOCC2)cc1C. The van der Waals surface area contributed by atoms with Gasteiger partial charge in [-0.3, -0.25) is 4.79 Å². The molecule has 1 aliphatic heterocycles. The van der Waals surface area contributed by atoms with Crippen molar-refractivity contribution in [2.45, 2.75) is 32.7 Å². The lowest BCUT2D eigenvalue weighted by Gasteiger charge is -2.31. The summed E-state index contributed by atoms with van der Waals surface area (Å²) < 4.78 is 5.35. The Morgan fingerprint density at radius 2 is 2.10 bits per heavy atom. The molecular weight excluding hydrogens is 252 g/mol. The summed E-state index contributed by atoms with van der Waals surface area (Å²) in [5, 5.41) is 3.29. The van der Waals surface area contributed by atoms with Crippen LogP contribution in [0.15, 0.2) is 18.2 Å². The molecule has 1 saturated heterocycles. The van der Waals surface area contributed by atoms with Crippen molar-refractivity contribution in [3.05, 3.63) is 29.3 Å². The van der Waals surface area contributed by atoms with Crippen LogP contribution in [-0.4, -0.2) is 43.7 Å². The second-order valence-electron chi connectivity index (χ2n) is 5.32. The average Bonchev–Trinajstić information content (AvgIpc) is 2.49. The molecule has 1 fully saturated rings. The number of hydrogen-bond donors (Lipinski definition) is 1. The highest BCUT2D eigenvalue weighted by Crippen LogP contribution is 2.20. The fourth-order valence-corrected chi connectivity index (χ4v) is 2.63. The fourth-order valence-electron chi connectivity index (χ4n) is 2.63. The largest absolute Gasteiger partial charge is 0.385 e. The molecule has 1 N–H and O–H groups in total. The van der Waals surface area contributed by atoms with Crippen LogP contribution < -0.4 is 5.32 Å². The number of carbonyl (C=O) groups excluding carboxylic acids is 1. The van der Waals surface area contributed by atoms with Crippen molar-refractivity contribution in [3.8, 4) is 0 Å². The first kappa shape index (κ1) is 14.9. The summed E-state index contributed by atoms with van der Waals surface area (Å²) in [6, 6.07) is 6.16. The number of amides is 1. The van der Waals surface area contributed by atoms with E-state index in [2.05, 4.69) is 12.2 Å². The van der Waals surface area contributed by atoms with Gasteiger partial charge in [-0.25, -0.2) is 0 Å². The molecule has 1 heterocycles. The Morgan fingerprint density at radius 3 is 2.70 bits per heavy atom. The third-order valence-corrected chi connectivity index (χ3v) is 3.90. The quantitative estimate of drug-likeness (QED) is 0.919. The smallest absolute Gasteiger partial charge is 0.253 e. The lowest BCUT2D eigenvalue weighted by atomic mass is 10.0. The zero-order chi connectivity index (χ0) is 14.5. The number of anilines is 1. The van der Waals surface area contributed by atoms with E-state index in [0.717, 1.165) is 49.4 Å². The van der Waals surface area contributed by atoms with E-state index in [1.807, 2.05) is 37.1 Å². The number of nitrogens with zero attached hydrogens (tertiary/aromatic N) is 1. The van der Waals surface area contributed by atoms with Gasteiger partial charge in [-0.1, -0.05) is 0 Å². The number of benzene rings is 1. The minimum Gasteiger partial charge on any atom is -0.385 e. The van der Waals surface area contributed by atoms with Gasteiger partial charge in [0, 0.05) is 44.1 Å². The molecule has 0 bridgehead atoms. The van der Waals surface area contributed by atoms with Crippen molar-refractivity contribution in [2.75, 3.05) is 32.1 Å². The first-order chi connectivity index (χ1) is 9.63. The Kier molecular flexibility index (Phi) is 5.01. The molecule has 1 aromatic rings. The van der Waals surface area contributed by atoms with E-state index in [4.69, 9.17) is 4.74 Å². The number of nitrogens with one attached hydrogen (secondary N) is 1. The molecule has 0 atom stereocenters. The maximum Gasteiger partial charge on any atom is 0.253 e. The predicted octanol–water partition coefficient (Wildman–Crippen LogP) is 2.68. The minimum atomic E-state index is 0.100. The van der Waals surface area contributed by atoms with Gasteiger partial charge in [0.25, 0.3) is 5.91 Å². The summed E-state index contributed by atoms with van der Waals surface area (Å²) in [4.78, 5) is 14.4. The van der Waals surface area contributed by atoms with Gasteiger partial charge in [0.15, 0.2) is 0 Å². The van der Waals surface area contributed by atoms with Gasteiger partial charge in [0.05, 0.1) is 0 Å². The van der Waals surface area contributed by atoms with Gasteiger partial charge >= 0.3 is 0 Å². The molecule has 1 aliphatic rings. The van der Waals surface area contributed by atoms with Crippen LogP contribution in [0.1, 0.15) is 35.7 Å². The second-order valence-corrected chi connectivity index (χ2v) is 5.32. The Labute approximate surface area is 121 Å². The average molecular weight is 276 g/mol. The van der Waals surface area contributed by atoms with E-state index < -0.39 is 0 Å². The van der Waals surface area contributed by atoms with Crippen molar-refractivity contribution < 1.29 is 9.53 Å². The zero-order valence-electron chi connectivity index (χ0n) is 12.6. The van der Waals surface area contributed by atoms with Crippen molar-refractivity contribution in [1.29, 1.82) is 0 Å². The van der Waals surface area contributed by atoms with Gasteiger partial charge in [0.1, 0.15) is 0 Å².